The molecule has 29 heavy (non-hydrogen) atoms. The Hall–Kier alpha value is -1.86. The minimum Gasteiger partial charge on any atom is -0.444 e. The molecule has 1 atom stereocenters. The van der Waals surface area contributed by atoms with Crippen molar-refractivity contribution in [1.29, 1.82) is 0 Å². The van der Waals surface area contributed by atoms with Gasteiger partial charge in [0.25, 0.3) is 0 Å². The van der Waals surface area contributed by atoms with Crippen LogP contribution in [0.25, 0.3) is 11.0 Å². The van der Waals surface area contributed by atoms with E-state index in [4.69, 9.17) is 9.47 Å². The molecule has 1 fully saturated rings. The molecule has 1 aromatic heterocycles. The topological polar surface area (TPSA) is 73.3 Å². The van der Waals surface area contributed by atoms with E-state index in [1.54, 1.807) is 24.2 Å². The van der Waals surface area contributed by atoms with Gasteiger partial charge in [-0.2, -0.15) is 0 Å². The Balaban J connectivity index is 1.54. The lowest BCUT2D eigenvalue weighted by atomic mass is 10.2. The fraction of sp³-hybridized carbons (Fsp3) is 0.591. The number of carbonyl (C=O) groups excluding carboxylic acids is 1. The third kappa shape index (κ3) is 7.48. The van der Waals surface area contributed by atoms with E-state index in [1.165, 1.54) is 12.8 Å². The van der Waals surface area contributed by atoms with E-state index in [9.17, 15) is 4.79 Å². The molecule has 1 heterocycles. The Morgan fingerprint density at radius 3 is 2.66 bits per heavy atom. The van der Waals surface area contributed by atoms with Crippen LogP contribution < -0.4 is 5.32 Å². The van der Waals surface area contributed by atoms with Crippen LogP contribution in [-0.2, 0) is 9.47 Å². The summed E-state index contributed by atoms with van der Waals surface area (Å²) < 4.78 is 11.7. The number of hydrogen-bond acceptors (Lipinski definition) is 6. The maximum atomic E-state index is 11.8. The predicted molar refractivity (Wildman–Crippen MR) is 116 cm³/mol. The van der Waals surface area contributed by atoms with E-state index in [-0.39, 0.29) is 11.5 Å². The van der Waals surface area contributed by atoms with Gasteiger partial charge in [0.05, 0.1) is 17.1 Å². The van der Waals surface area contributed by atoms with Crippen LogP contribution in [-0.4, -0.2) is 39.7 Å². The third-order valence-electron chi connectivity index (χ3n) is 4.64. The number of thioether (sulfide) groups is 1. The Bertz CT molecular complexity index is 803. The molecule has 6 nitrogen and oxygen atoms in total. The van der Waals surface area contributed by atoms with Crippen LogP contribution in [0.1, 0.15) is 59.3 Å². The summed E-state index contributed by atoms with van der Waals surface area (Å²) >= 11 is 1.73. The first-order valence-corrected chi connectivity index (χ1v) is 11.3. The molecule has 0 bridgehead atoms. The van der Waals surface area contributed by atoms with Gasteiger partial charge >= 0.3 is 6.09 Å². The molecular weight excluding hydrogens is 386 g/mol. The van der Waals surface area contributed by atoms with Crippen molar-refractivity contribution in [3.8, 4) is 0 Å². The lowest BCUT2D eigenvalue weighted by molar-refractivity contribution is 0.0344. The van der Waals surface area contributed by atoms with Crippen molar-refractivity contribution in [3.05, 3.63) is 30.6 Å². The van der Waals surface area contributed by atoms with Crippen LogP contribution in [0, 0.1) is 0 Å². The number of nitrogens with zero attached hydrogens (tertiary/aromatic N) is 2. The first-order valence-electron chi connectivity index (χ1n) is 10.4. The number of benzene rings is 1. The summed E-state index contributed by atoms with van der Waals surface area (Å²) in [7, 11) is 0. The second-order valence-electron chi connectivity index (χ2n) is 8.37. The zero-order valence-electron chi connectivity index (χ0n) is 17.5. The van der Waals surface area contributed by atoms with E-state index in [1.807, 2.05) is 26.8 Å². The standard InChI is InChI=1S/C22H31N3O3S/c1-22(2,3)28-21(26)25-12-6-9-20(27-16-7-4-5-8-16)29-17-10-11-18-19(15-17)24-14-13-23-18/h10-11,13-16,20H,4-9,12H2,1-3H3,(H,25,26). The van der Waals surface area contributed by atoms with Gasteiger partial charge in [0.1, 0.15) is 11.0 Å². The molecule has 7 heteroatoms. The largest absolute Gasteiger partial charge is 0.444 e. The zero-order valence-corrected chi connectivity index (χ0v) is 18.3. The van der Waals surface area contributed by atoms with Gasteiger partial charge in [-0.05, 0) is 64.7 Å². The summed E-state index contributed by atoms with van der Waals surface area (Å²) in [5.74, 6) is 0. The fourth-order valence-corrected chi connectivity index (χ4v) is 4.46. The molecule has 3 rings (SSSR count). The van der Waals surface area contributed by atoms with Gasteiger partial charge in [-0.1, -0.05) is 24.6 Å². The molecule has 1 aliphatic rings. The molecule has 0 radical (unpaired) electrons. The second-order valence-corrected chi connectivity index (χ2v) is 9.60. The third-order valence-corrected chi connectivity index (χ3v) is 5.78. The molecule has 0 spiro atoms. The summed E-state index contributed by atoms with van der Waals surface area (Å²) in [6, 6.07) is 6.14. The predicted octanol–water partition coefficient (Wildman–Crippen LogP) is 5.31. The Kier molecular flexibility index (Phi) is 7.72. The van der Waals surface area contributed by atoms with Crippen molar-refractivity contribution in [2.24, 2.45) is 0 Å². The van der Waals surface area contributed by atoms with E-state index in [2.05, 4.69) is 27.4 Å². The average molecular weight is 418 g/mol. The Morgan fingerprint density at radius 1 is 1.21 bits per heavy atom. The van der Waals surface area contributed by atoms with Gasteiger partial charge in [-0.25, -0.2) is 4.79 Å². The molecule has 1 amide bonds. The molecule has 1 N–H and O–H groups in total. The number of alkyl carbamates (subject to hydrolysis) is 1. The minimum atomic E-state index is -0.479. The van der Waals surface area contributed by atoms with Gasteiger partial charge in [-0.3, -0.25) is 9.97 Å². The van der Waals surface area contributed by atoms with E-state index < -0.39 is 5.60 Å². The van der Waals surface area contributed by atoms with Crippen molar-refractivity contribution >= 4 is 28.9 Å². The van der Waals surface area contributed by atoms with E-state index in [0.717, 1.165) is 41.6 Å². The first-order chi connectivity index (χ1) is 13.9. The van der Waals surface area contributed by atoms with Crippen molar-refractivity contribution in [2.75, 3.05) is 6.54 Å². The van der Waals surface area contributed by atoms with Gasteiger partial charge in [-0.15, -0.1) is 0 Å². The normalized spacial score (nSPS) is 16.1. The second kappa shape index (κ2) is 10.3. The first kappa shape index (κ1) is 21.8. The van der Waals surface area contributed by atoms with Gasteiger partial charge in [0, 0.05) is 23.8 Å². The van der Waals surface area contributed by atoms with Gasteiger partial charge in [0.2, 0.25) is 0 Å². The van der Waals surface area contributed by atoms with Crippen LogP contribution >= 0.6 is 11.8 Å². The molecule has 1 saturated carbocycles. The molecular formula is C22H31N3O3S. The van der Waals surface area contributed by atoms with Crippen LogP contribution in [0.3, 0.4) is 0 Å². The molecule has 0 aliphatic heterocycles. The number of amides is 1. The Labute approximate surface area is 177 Å². The monoisotopic (exact) mass is 417 g/mol. The maximum absolute atomic E-state index is 11.8. The quantitative estimate of drug-likeness (QED) is 0.356. The van der Waals surface area contributed by atoms with Crippen LogP contribution in [0.15, 0.2) is 35.5 Å². The molecule has 158 valence electrons. The van der Waals surface area contributed by atoms with Gasteiger partial charge < -0.3 is 14.8 Å². The van der Waals surface area contributed by atoms with Crippen LogP contribution in [0.2, 0.25) is 0 Å². The highest BCUT2D eigenvalue weighted by Crippen LogP contribution is 2.32. The summed E-state index contributed by atoms with van der Waals surface area (Å²) in [6.45, 7) is 6.16. The highest BCUT2D eigenvalue weighted by molar-refractivity contribution is 7.99. The summed E-state index contributed by atoms with van der Waals surface area (Å²) in [5.41, 5.74) is 1.36. The molecule has 2 aromatic rings. The number of carbonyl (C=O) groups is 1. The highest BCUT2D eigenvalue weighted by atomic mass is 32.2. The van der Waals surface area contributed by atoms with Crippen LogP contribution in [0.4, 0.5) is 4.79 Å². The smallest absolute Gasteiger partial charge is 0.407 e. The average Bonchev–Trinajstić information content (AvgIpc) is 3.16. The van der Waals surface area contributed by atoms with Crippen molar-refractivity contribution in [1.82, 2.24) is 15.3 Å². The lowest BCUT2D eigenvalue weighted by Crippen LogP contribution is -2.33. The lowest BCUT2D eigenvalue weighted by Gasteiger charge is -2.22. The number of aromatic nitrogens is 2. The summed E-state index contributed by atoms with van der Waals surface area (Å²) in [5, 5.41) is 2.83. The van der Waals surface area contributed by atoms with Crippen molar-refractivity contribution in [2.45, 2.75) is 81.3 Å². The molecule has 1 aliphatic carbocycles. The maximum Gasteiger partial charge on any atom is 0.407 e. The SMILES string of the molecule is CC(C)(C)OC(=O)NCCCC(OC1CCCC1)Sc1ccc2nccnc2c1. The highest BCUT2D eigenvalue weighted by Gasteiger charge is 2.22. The zero-order chi connectivity index (χ0) is 20.7. The number of fused-ring (bicyclic) bond motifs is 1. The van der Waals surface area contributed by atoms with Crippen LogP contribution in [0.5, 0.6) is 0 Å². The number of hydrogen-bond donors (Lipinski definition) is 1. The van der Waals surface area contributed by atoms with Gasteiger partial charge in [0.15, 0.2) is 0 Å². The molecule has 1 unspecified atom stereocenters. The Morgan fingerprint density at radius 2 is 1.93 bits per heavy atom. The molecule has 0 saturated heterocycles. The van der Waals surface area contributed by atoms with E-state index >= 15 is 0 Å². The summed E-state index contributed by atoms with van der Waals surface area (Å²) in [6.07, 6.45) is 9.84. The number of nitrogens with one attached hydrogen (secondary N) is 1. The van der Waals surface area contributed by atoms with Crippen molar-refractivity contribution < 1.29 is 14.3 Å². The number of rotatable bonds is 8. The minimum absolute atomic E-state index is 0.0488. The van der Waals surface area contributed by atoms with E-state index in [0.29, 0.717) is 12.6 Å². The summed E-state index contributed by atoms with van der Waals surface area (Å²) in [4.78, 5) is 21.7. The molecule has 1 aromatic carbocycles. The fourth-order valence-electron chi connectivity index (χ4n) is 3.34. The van der Waals surface area contributed by atoms with Crippen molar-refractivity contribution in [3.63, 3.8) is 0 Å². The number of ether oxygens (including phenoxy) is 2.